The van der Waals surface area contributed by atoms with Crippen molar-refractivity contribution in [1.29, 1.82) is 0 Å². The van der Waals surface area contributed by atoms with Gasteiger partial charge in [-0.2, -0.15) is 0 Å². The van der Waals surface area contributed by atoms with Crippen molar-refractivity contribution in [1.82, 2.24) is 4.90 Å². The molecule has 1 aliphatic carbocycles. The Bertz CT molecular complexity index is 200. The molecule has 96 valence electrons. The molecule has 1 aliphatic rings. The highest BCUT2D eigenvalue weighted by molar-refractivity contribution is 4.85. The summed E-state index contributed by atoms with van der Waals surface area (Å²) in [5.41, 5.74) is 5.83. The van der Waals surface area contributed by atoms with E-state index in [-0.39, 0.29) is 5.60 Å². The van der Waals surface area contributed by atoms with Crippen LogP contribution >= 0.6 is 0 Å². The number of likely N-dealkylation sites (N-methyl/N-ethyl adjacent to an activating group) is 1. The molecule has 1 atom stereocenters. The highest BCUT2D eigenvalue weighted by Gasteiger charge is 2.29. The molecule has 1 rings (SSSR count). The third-order valence-corrected chi connectivity index (χ3v) is 4.03. The summed E-state index contributed by atoms with van der Waals surface area (Å²) >= 11 is 0. The smallest absolute Gasteiger partial charge is 0.0638 e. The molecule has 0 bridgehead atoms. The maximum absolute atomic E-state index is 5.91. The molecule has 0 aromatic carbocycles. The van der Waals surface area contributed by atoms with Gasteiger partial charge in [-0.3, -0.25) is 4.90 Å². The molecule has 2 N–H and O–H groups in total. The molecule has 16 heavy (non-hydrogen) atoms. The second-order valence-corrected chi connectivity index (χ2v) is 5.66. The second-order valence-electron chi connectivity index (χ2n) is 5.66. The maximum atomic E-state index is 5.91. The van der Waals surface area contributed by atoms with Gasteiger partial charge in [0.1, 0.15) is 0 Å². The zero-order chi connectivity index (χ0) is 12.2. The number of methoxy groups -OCH3 is 1. The molecule has 0 saturated heterocycles. The largest absolute Gasteiger partial charge is 0.379 e. The molecular weight excluding hydrogens is 200 g/mol. The van der Waals surface area contributed by atoms with Crippen LogP contribution < -0.4 is 5.73 Å². The van der Waals surface area contributed by atoms with Crippen LogP contribution in [0.2, 0.25) is 0 Å². The second kappa shape index (κ2) is 5.99. The Labute approximate surface area is 100 Å². The van der Waals surface area contributed by atoms with Gasteiger partial charge in [0.25, 0.3) is 0 Å². The molecule has 3 heteroatoms. The first-order valence-corrected chi connectivity index (χ1v) is 6.47. The minimum atomic E-state index is -0.0725. The zero-order valence-corrected chi connectivity index (χ0v) is 11.3. The summed E-state index contributed by atoms with van der Waals surface area (Å²) in [5, 5.41) is 0. The van der Waals surface area contributed by atoms with Crippen LogP contribution in [0.15, 0.2) is 0 Å². The summed E-state index contributed by atoms with van der Waals surface area (Å²) in [6.45, 7) is 5.00. The van der Waals surface area contributed by atoms with E-state index in [2.05, 4.69) is 25.8 Å². The zero-order valence-electron chi connectivity index (χ0n) is 11.3. The van der Waals surface area contributed by atoms with E-state index in [1.165, 1.54) is 25.7 Å². The third kappa shape index (κ3) is 3.72. The van der Waals surface area contributed by atoms with Crippen LogP contribution in [0.25, 0.3) is 0 Å². The summed E-state index contributed by atoms with van der Waals surface area (Å²) in [4.78, 5) is 2.48. The Morgan fingerprint density at radius 3 is 2.38 bits per heavy atom. The van der Waals surface area contributed by atoms with Crippen LogP contribution in [-0.4, -0.2) is 43.3 Å². The average Bonchev–Trinajstić information content (AvgIpc) is 2.78. The Kier molecular flexibility index (Phi) is 5.22. The summed E-state index contributed by atoms with van der Waals surface area (Å²) in [7, 11) is 4.00. The fourth-order valence-corrected chi connectivity index (χ4v) is 2.65. The lowest BCUT2D eigenvalue weighted by molar-refractivity contribution is -0.00929. The number of hydrogen-bond acceptors (Lipinski definition) is 3. The molecular formula is C13H28N2O. The molecule has 1 unspecified atom stereocenters. The van der Waals surface area contributed by atoms with E-state index in [4.69, 9.17) is 10.5 Å². The number of hydrogen-bond donors (Lipinski definition) is 1. The van der Waals surface area contributed by atoms with Gasteiger partial charge in [-0.1, -0.05) is 12.8 Å². The lowest BCUT2D eigenvalue weighted by Crippen LogP contribution is -2.47. The van der Waals surface area contributed by atoms with E-state index in [1.54, 1.807) is 7.11 Å². The first kappa shape index (κ1) is 13.9. The van der Waals surface area contributed by atoms with Crippen molar-refractivity contribution in [3.63, 3.8) is 0 Å². The summed E-state index contributed by atoms with van der Waals surface area (Å²) in [5.74, 6) is 0. The highest BCUT2D eigenvalue weighted by atomic mass is 16.5. The van der Waals surface area contributed by atoms with Crippen molar-refractivity contribution in [2.24, 2.45) is 5.73 Å². The van der Waals surface area contributed by atoms with Crippen molar-refractivity contribution < 1.29 is 4.74 Å². The Hall–Kier alpha value is -0.120. The average molecular weight is 228 g/mol. The van der Waals surface area contributed by atoms with Crippen LogP contribution in [-0.2, 0) is 4.74 Å². The van der Waals surface area contributed by atoms with Crippen molar-refractivity contribution in [2.75, 3.05) is 20.7 Å². The van der Waals surface area contributed by atoms with E-state index >= 15 is 0 Å². The molecule has 3 nitrogen and oxygen atoms in total. The van der Waals surface area contributed by atoms with Crippen LogP contribution in [0.1, 0.15) is 46.0 Å². The van der Waals surface area contributed by atoms with E-state index in [0.29, 0.717) is 6.04 Å². The maximum Gasteiger partial charge on any atom is 0.0638 e. The molecule has 1 saturated carbocycles. The number of nitrogens with zero attached hydrogens (tertiary/aromatic N) is 1. The topological polar surface area (TPSA) is 38.5 Å². The van der Waals surface area contributed by atoms with E-state index in [1.807, 2.05) is 0 Å². The van der Waals surface area contributed by atoms with E-state index in [9.17, 15) is 0 Å². The van der Waals surface area contributed by atoms with Gasteiger partial charge in [-0.25, -0.2) is 0 Å². The summed E-state index contributed by atoms with van der Waals surface area (Å²) in [6, 6.07) is 1.18. The molecule has 0 amide bonds. The minimum absolute atomic E-state index is 0.0725. The van der Waals surface area contributed by atoms with Gasteiger partial charge in [0.2, 0.25) is 0 Å². The van der Waals surface area contributed by atoms with Crippen molar-refractivity contribution in [3.8, 4) is 0 Å². The minimum Gasteiger partial charge on any atom is -0.379 e. The number of ether oxygens (including phenoxy) is 1. The van der Waals surface area contributed by atoms with Gasteiger partial charge in [-0.05, 0) is 40.2 Å². The third-order valence-electron chi connectivity index (χ3n) is 4.03. The van der Waals surface area contributed by atoms with Gasteiger partial charge in [0, 0.05) is 25.7 Å². The SMILES string of the molecule is COC(C)(C)CC(CN)N(C)C1CCCC1. The Morgan fingerprint density at radius 1 is 1.38 bits per heavy atom. The lowest BCUT2D eigenvalue weighted by Gasteiger charge is -2.36. The number of rotatable bonds is 6. The van der Waals surface area contributed by atoms with E-state index in [0.717, 1.165) is 19.0 Å². The molecule has 0 radical (unpaired) electrons. The van der Waals surface area contributed by atoms with Crippen molar-refractivity contribution in [2.45, 2.75) is 63.6 Å². The highest BCUT2D eigenvalue weighted by Crippen LogP contribution is 2.26. The van der Waals surface area contributed by atoms with E-state index < -0.39 is 0 Å². The first-order valence-electron chi connectivity index (χ1n) is 6.47. The Morgan fingerprint density at radius 2 is 1.94 bits per heavy atom. The Balaban J connectivity index is 2.52. The van der Waals surface area contributed by atoms with Crippen LogP contribution in [0.4, 0.5) is 0 Å². The van der Waals surface area contributed by atoms with Crippen molar-refractivity contribution in [3.05, 3.63) is 0 Å². The van der Waals surface area contributed by atoms with Crippen LogP contribution in [0, 0.1) is 0 Å². The fraction of sp³-hybridized carbons (Fsp3) is 1.00. The monoisotopic (exact) mass is 228 g/mol. The standard InChI is InChI=1S/C13H28N2O/c1-13(2,16-4)9-12(10-14)15(3)11-7-5-6-8-11/h11-12H,5-10,14H2,1-4H3. The van der Waals surface area contributed by atoms with Gasteiger partial charge in [-0.15, -0.1) is 0 Å². The predicted octanol–water partition coefficient (Wildman–Crippen LogP) is 2.00. The fourth-order valence-electron chi connectivity index (χ4n) is 2.65. The lowest BCUT2D eigenvalue weighted by atomic mass is 9.96. The molecule has 0 aliphatic heterocycles. The normalized spacial score (nSPS) is 20.6. The quantitative estimate of drug-likeness (QED) is 0.756. The van der Waals surface area contributed by atoms with Crippen molar-refractivity contribution >= 4 is 0 Å². The summed E-state index contributed by atoms with van der Waals surface area (Å²) < 4.78 is 5.50. The molecule has 0 aromatic heterocycles. The van der Waals surface area contributed by atoms with Gasteiger partial charge >= 0.3 is 0 Å². The van der Waals surface area contributed by atoms with Gasteiger partial charge in [0.05, 0.1) is 5.60 Å². The van der Waals surface area contributed by atoms with Gasteiger partial charge < -0.3 is 10.5 Å². The van der Waals surface area contributed by atoms with Crippen LogP contribution in [0.5, 0.6) is 0 Å². The molecule has 0 aromatic rings. The number of nitrogens with two attached hydrogens (primary N) is 1. The molecule has 0 spiro atoms. The van der Waals surface area contributed by atoms with Gasteiger partial charge in [0.15, 0.2) is 0 Å². The summed E-state index contributed by atoms with van der Waals surface area (Å²) in [6.07, 6.45) is 6.42. The first-order chi connectivity index (χ1) is 7.50. The predicted molar refractivity (Wildman–Crippen MR) is 68.6 cm³/mol. The van der Waals surface area contributed by atoms with Crippen LogP contribution in [0.3, 0.4) is 0 Å². The molecule has 0 heterocycles. The molecule has 1 fully saturated rings.